The van der Waals surface area contributed by atoms with Crippen molar-refractivity contribution >= 4 is 45.2 Å². The summed E-state index contributed by atoms with van der Waals surface area (Å²) in [7, 11) is 0. The van der Waals surface area contributed by atoms with Crippen LogP contribution in [0.3, 0.4) is 0 Å². The number of amides is 1. The van der Waals surface area contributed by atoms with E-state index >= 15 is 0 Å². The first-order chi connectivity index (χ1) is 15.8. The van der Waals surface area contributed by atoms with Gasteiger partial charge in [0.25, 0.3) is 5.91 Å². The molecule has 0 bridgehead atoms. The highest BCUT2D eigenvalue weighted by Crippen LogP contribution is 2.22. The number of carbonyl (C=O) groups is 3. The molecule has 0 aliphatic rings. The summed E-state index contributed by atoms with van der Waals surface area (Å²) in [6.07, 6.45) is 2.94. The van der Waals surface area contributed by atoms with Gasteiger partial charge in [-0.25, -0.2) is 14.8 Å². The van der Waals surface area contributed by atoms with E-state index in [1.165, 1.54) is 35.0 Å². The zero-order valence-corrected chi connectivity index (χ0v) is 17.5. The first-order valence-corrected chi connectivity index (χ1v) is 10.0. The fraction of sp³-hybridized carbons (Fsp3) is 0.125. The second kappa shape index (κ2) is 10.7. The van der Waals surface area contributed by atoms with Gasteiger partial charge in [-0.15, -0.1) is 0 Å². The summed E-state index contributed by atoms with van der Waals surface area (Å²) in [6, 6.07) is 17.1. The molecule has 4 aromatic rings. The Morgan fingerprint density at radius 1 is 0.939 bits per heavy atom. The quantitative estimate of drug-likeness (QED) is 0.260. The van der Waals surface area contributed by atoms with Crippen molar-refractivity contribution in [3.05, 3.63) is 78.8 Å². The molecular weight excluding hydrogens is 424 g/mol. The Bertz CT molecular complexity index is 1240. The molecule has 0 radical (unpaired) electrons. The number of carboxylic acids is 2. The van der Waals surface area contributed by atoms with Gasteiger partial charge in [0.1, 0.15) is 12.4 Å². The van der Waals surface area contributed by atoms with Crippen LogP contribution in [0.15, 0.2) is 73.2 Å². The van der Waals surface area contributed by atoms with Crippen molar-refractivity contribution in [2.75, 3.05) is 5.73 Å². The number of nitrogens with two attached hydrogens (primary N) is 1. The van der Waals surface area contributed by atoms with E-state index in [9.17, 15) is 14.4 Å². The van der Waals surface area contributed by atoms with Crippen LogP contribution in [0.5, 0.6) is 0 Å². The zero-order valence-electron chi connectivity index (χ0n) is 17.5. The molecule has 9 nitrogen and oxygen atoms in total. The highest BCUT2D eigenvalue weighted by atomic mass is 16.4. The van der Waals surface area contributed by atoms with E-state index < -0.39 is 23.9 Å². The van der Waals surface area contributed by atoms with E-state index in [0.717, 1.165) is 10.9 Å². The molecule has 0 aliphatic heterocycles. The van der Waals surface area contributed by atoms with E-state index in [0.29, 0.717) is 5.69 Å². The number of hydrogen-bond acceptors (Lipinski definition) is 6. The highest BCUT2D eigenvalue weighted by molar-refractivity contribution is 6.05. The Kier molecular flexibility index (Phi) is 7.48. The minimum atomic E-state index is -1.27. The van der Waals surface area contributed by atoms with Crippen molar-refractivity contribution in [1.29, 1.82) is 0 Å². The summed E-state index contributed by atoms with van der Waals surface area (Å²) in [4.78, 5) is 41.3. The third kappa shape index (κ3) is 6.23. The van der Waals surface area contributed by atoms with Gasteiger partial charge in [0.05, 0.1) is 5.52 Å². The molecule has 168 valence electrons. The van der Waals surface area contributed by atoms with Crippen molar-refractivity contribution in [3.8, 4) is 0 Å². The molecule has 9 heteroatoms. The van der Waals surface area contributed by atoms with Gasteiger partial charge in [0.2, 0.25) is 0 Å². The van der Waals surface area contributed by atoms with Gasteiger partial charge in [-0.2, -0.15) is 0 Å². The van der Waals surface area contributed by atoms with Crippen LogP contribution in [0.1, 0.15) is 23.2 Å². The molecule has 4 rings (SSSR count). The molecule has 1 heterocycles. The van der Waals surface area contributed by atoms with E-state index in [4.69, 9.17) is 15.9 Å². The number of benzene rings is 3. The SMILES string of the molecule is Nc1ccc(C(=O)N[C@@H](CCC(=O)O)C(=O)O)cc1.c1ccc2c(c1)ccc1ncncc12. The maximum absolute atomic E-state index is 11.8. The van der Waals surface area contributed by atoms with Crippen molar-refractivity contribution < 1.29 is 24.6 Å². The average Bonchev–Trinajstić information content (AvgIpc) is 2.82. The van der Waals surface area contributed by atoms with Crippen LogP contribution in [0.25, 0.3) is 21.7 Å². The minimum Gasteiger partial charge on any atom is -0.481 e. The van der Waals surface area contributed by atoms with Gasteiger partial charge in [0, 0.05) is 29.3 Å². The summed E-state index contributed by atoms with van der Waals surface area (Å²) in [6.45, 7) is 0. The Morgan fingerprint density at radius 2 is 1.67 bits per heavy atom. The highest BCUT2D eigenvalue weighted by Gasteiger charge is 2.21. The van der Waals surface area contributed by atoms with Crippen LogP contribution in [-0.2, 0) is 9.59 Å². The lowest BCUT2D eigenvalue weighted by Gasteiger charge is -2.13. The van der Waals surface area contributed by atoms with Gasteiger partial charge in [0.15, 0.2) is 0 Å². The van der Waals surface area contributed by atoms with E-state index in [-0.39, 0.29) is 18.4 Å². The monoisotopic (exact) mass is 446 g/mol. The van der Waals surface area contributed by atoms with Crippen LogP contribution in [0.4, 0.5) is 5.69 Å². The Hall–Kier alpha value is -4.53. The molecule has 0 saturated heterocycles. The third-order valence-corrected chi connectivity index (χ3v) is 4.84. The van der Waals surface area contributed by atoms with Gasteiger partial charge < -0.3 is 21.3 Å². The summed E-state index contributed by atoms with van der Waals surface area (Å²) < 4.78 is 0. The number of aromatic nitrogens is 2. The smallest absolute Gasteiger partial charge is 0.326 e. The van der Waals surface area contributed by atoms with E-state index in [1.807, 2.05) is 24.4 Å². The van der Waals surface area contributed by atoms with Crippen molar-refractivity contribution in [2.24, 2.45) is 0 Å². The predicted octanol–water partition coefficient (Wildman–Crippen LogP) is 3.10. The lowest BCUT2D eigenvalue weighted by atomic mass is 10.1. The third-order valence-electron chi connectivity index (χ3n) is 4.84. The average molecular weight is 446 g/mol. The minimum absolute atomic E-state index is 0.175. The number of carbonyl (C=O) groups excluding carboxylic acids is 1. The van der Waals surface area contributed by atoms with Crippen molar-refractivity contribution in [2.45, 2.75) is 18.9 Å². The van der Waals surface area contributed by atoms with E-state index in [1.54, 1.807) is 6.33 Å². The molecule has 1 atom stereocenters. The number of nitrogens with zero attached hydrogens (tertiary/aromatic N) is 2. The molecule has 0 unspecified atom stereocenters. The maximum atomic E-state index is 11.8. The second-order valence-corrected chi connectivity index (χ2v) is 7.16. The maximum Gasteiger partial charge on any atom is 0.326 e. The summed E-state index contributed by atoms with van der Waals surface area (Å²) in [5.74, 6) is -2.98. The fourth-order valence-electron chi connectivity index (χ4n) is 3.14. The lowest BCUT2D eigenvalue weighted by Crippen LogP contribution is -2.41. The molecule has 0 saturated carbocycles. The predicted molar refractivity (Wildman–Crippen MR) is 124 cm³/mol. The number of aliphatic carboxylic acids is 2. The van der Waals surface area contributed by atoms with E-state index in [2.05, 4.69) is 33.5 Å². The van der Waals surface area contributed by atoms with Crippen LogP contribution in [-0.4, -0.2) is 44.1 Å². The lowest BCUT2D eigenvalue weighted by molar-refractivity contribution is -0.140. The summed E-state index contributed by atoms with van der Waals surface area (Å²) in [5.41, 5.74) is 7.21. The molecule has 3 aromatic carbocycles. The number of carboxylic acid groups (broad SMARTS) is 2. The standard InChI is InChI=1S/C12H14N2O5.C12H8N2/c13-8-3-1-7(2-4-8)11(17)14-9(12(18)19)5-6-10(15)16;1-2-4-10-9(3-1)5-6-12-11(10)7-13-8-14-12/h1-4,9H,5-6,13H2,(H,14,17)(H,15,16)(H,18,19);1-8H/t9-;/m0./s1. The molecule has 5 N–H and O–H groups in total. The number of rotatable bonds is 6. The Labute approximate surface area is 188 Å². The summed E-state index contributed by atoms with van der Waals surface area (Å²) >= 11 is 0. The molecule has 0 spiro atoms. The molecule has 1 amide bonds. The first-order valence-electron chi connectivity index (χ1n) is 10.0. The first kappa shape index (κ1) is 23.1. The number of hydrogen-bond donors (Lipinski definition) is 4. The van der Waals surface area contributed by atoms with Gasteiger partial charge in [-0.1, -0.05) is 30.3 Å². The molecule has 1 aromatic heterocycles. The molecule has 0 fully saturated rings. The fourth-order valence-corrected chi connectivity index (χ4v) is 3.14. The largest absolute Gasteiger partial charge is 0.481 e. The zero-order chi connectivity index (χ0) is 23.8. The Morgan fingerprint density at radius 3 is 2.36 bits per heavy atom. The summed E-state index contributed by atoms with van der Waals surface area (Å²) in [5, 5.41) is 23.2. The van der Waals surface area contributed by atoms with Crippen LogP contribution >= 0.6 is 0 Å². The molecule has 0 aliphatic carbocycles. The number of fused-ring (bicyclic) bond motifs is 3. The number of nitrogen functional groups attached to an aromatic ring is 1. The second-order valence-electron chi connectivity index (χ2n) is 7.16. The van der Waals surface area contributed by atoms with Gasteiger partial charge in [-0.05, 0) is 47.5 Å². The van der Waals surface area contributed by atoms with Gasteiger partial charge in [-0.3, -0.25) is 9.59 Å². The van der Waals surface area contributed by atoms with Gasteiger partial charge >= 0.3 is 11.9 Å². The van der Waals surface area contributed by atoms with Crippen molar-refractivity contribution in [3.63, 3.8) is 0 Å². The van der Waals surface area contributed by atoms with Crippen LogP contribution in [0.2, 0.25) is 0 Å². The van der Waals surface area contributed by atoms with Crippen LogP contribution in [0, 0.1) is 0 Å². The van der Waals surface area contributed by atoms with Crippen LogP contribution < -0.4 is 11.1 Å². The number of nitrogens with one attached hydrogen (secondary N) is 1. The molecule has 33 heavy (non-hydrogen) atoms. The van der Waals surface area contributed by atoms with Crippen molar-refractivity contribution in [1.82, 2.24) is 15.3 Å². The Balaban J connectivity index is 0.000000192. The topological polar surface area (TPSA) is 156 Å². The normalized spacial score (nSPS) is 11.3. The number of anilines is 1. The molecular formula is C24H22N4O5.